The number of aryl methyl sites for hydroxylation is 1. The summed E-state index contributed by atoms with van der Waals surface area (Å²) < 4.78 is 38.7. The molecule has 0 saturated heterocycles. The van der Waals surface area contributed by atoms with Gasteiger partial charge in [-0.3, -0.25) is 4.79 Å². The number of thiocarbonyl (C=S) groups is 1. The van der Waals surface area contributed by atoms with Crippen LogP contribution in [0.25, 0.3) is 0 Å². The van der Waals surface area contributed by atoms with Gasteiger partial charge in [0.1, 0.15) is 0 Å². The molecule has 3 nitrogen and oxygen atoms in total. The molecule has 0 aliphatic rings. The highest BCUT2D eigenvalue weighted by Crippen LogP contribution is 2.28. The zero-order valence-electron chi connectivity index (χ0n) is 10.6. The average molecular weight is 292 g/mol. The van der Waals surface area contributed by atoms with Gasteiger partial charge in [-0.05, 0) is 12.5 Å². The number of rotatable bonds is 4. The van der Waals surface area contributed by atoms with Gasteiger partial charge in [-0.15, -0.1) is 0 Å². The van der Waals surface area contributed by atoms with Crippen molar-refractivity contribution < 1.29 is 13.2 Å². The molecule has 0 amide bonds. The molecule has 2 N–H and O–H groups in total. The van der Waals surface area contributed by atoms with Crippen LogP contribution in [-0.2, 0) is 12.7 Å². The Hall–Kier alpha value is -1.37. The van der Waals surface area contributed by atoms with Crippen molar-refractivity contribution in [1.82, 2.24) is 4.57 Å². The molecule has 1 heterocycles. The van der Waals surface area contributed by atoms with Crippen molar-refractivity contribution in [2.75, 3.05) is 0 Å². The lowest BCUT2D eigenvalue weighted by molar-refractivity contribution is -0.138. The molecule has 0 atom stereocenters. The molecule has 0 fully saturated rings. The van der Waals surface area contributed by atoms with E-state index >= 15 is 0 Å². The molecule has 0 bridgehead atoms. The number of hydrogen-bond acceptors (Lipinski definition) is 2. The summed E-state index contributed by atoms with van der Waals surface area (Å²) in [7, 11) is 0. The first-order valence-corrected chi connectivity index (χ1v) is 6.02. The van der Waals surface area contributed by atoms with Crippen LogP contribution in [0.4, 0.5) is 13.2 Å². The third-order valence-corrected chi connectivity index (χ3v) is 3.51. The maximum Gasteiger partial charge on any atom is 0.417 e. The van der Waals surface area contributed by atoms with Crippen LogP contribution in [0.15, 0.2) is 23.1 Å². The minimum absolute atomic E-state index is 0.132. The van der Waals surface area contributed by atoms with Crippen molar-refractivity contribution in [3.8, 4) is 0 Å². The lowest BCUT2D eigenvalue weighted by atomic mass is 9.89. The second-order valence-corrected chi connectivity index (χ2v) is 5.39. The van der Waals surface area contributed by atoms with Gasteiger partial charge < -0.3 is 10.3 Å². The molecule has 0 radical (unpaired) electrons. The van der Waals surface area contributed by atoms with E-state index < -0.39 is 22.7 Å². The molecule has 1 rings (SSSR count). The van der Waals surface area contributed by atoms with E-state index in [9.17, 15) is 18.0 Å². The number of hydrogen-bond donors (Lipinski definition) is 1. The van der Waals surface area contributed by atoms with Crippen LogP contribution in [-0.4, -0.2) is 9.56 Å². The van der Waals surface area contributed by atoms with Crippen LogP contribution in [0.1, 0.15) is 25.8 Å². The largest absolute Gasteiger partial charge is 0.417 e. The summed E-state index contributed by atoms with van der Waals surface area (Å²) in [5.74, 6) is 0. The molecule has 0 saturated carbocycles. The Morgan fingerprint density at radius 1 is 1.37 bits per heavy atom. The van der Waals surface area contributed by atoms with Crippen molar-refractivity contribution in [2.24, 2.45) is 11.1 Å². The minimum Gasteiger partial charge on any atom is -0.393 e. The molecule has 0 aliphatic heterocycles. The van der Waals surface area contributed by atoms with E-state index in [0.29, 0.717) is 6.42 Å². The first-order chi connectivity index (χ1) is 8.54. The molecule has 0 aromatic carbocycles. The van der Waals surface area contributed by atoms with Gasteiger partial charge in [-0.25, -0.2) is 0 Å². The van der Waals surface area contributed by atoms with Crippen molar-refractivity contribution in [3.05, 3.63) is 34.2 Å². The fourth-order valence-corrected chi connectivity index (χ4v) is 1.50. The van der Waals surface area contributed by atoms with Crippen LogP contribution < -0.4 is 11.3 Å². The van der Waals surface area contributed by atoms with Gasteiger partial charge in [0.05, 0.1) is 10.6 Å². The van der Waals surface area contributed by atoms with Gasteiger partial charge in [0.25, 0.3) is 5.56 Å². The Balaban J connectivity index is 2.96. The predicted octanol–water partition coefficient (Wildman–Crippen LogP) is 2.57. The SMILES string of the molecule is CC(C)(CCn1cc(C(F)(F)F)ccc1=O)C(N)=S. The minimum atomic E-state index is -4.46. The van der Waals surface area contributed by atoms with Gasteiger partial charge in [0.2, 0.25) is 0 Å². The number of nitrogens with zero attached hydrogens (tertiary/aromatic N) is 1. The summed E-state index contributed by atoms with van der Waals surface area (Å²) in [6, 6.07) is 1.69. The summed E-state index contributed by atoms with van der Waals surface area (Å²) in [5, 5.41) is 0. The number of alkyl halides is 3. The zero-order chi connectivity index (χ0) is 14.8. The lowest BCUT2D eigenvalue weighted by Gasteiger charge is -2.23. The highest BCUT2D eigenvalue weighted by atomic mass is 32.1. The summed E-state index contributed by atoms with van der Waals surface area (Å²) in [6.07, 6.45) is -3.25. The van der Waals surface area contributed by atoms with Crippen LogP contribution in [0.5, 0.6) is 0 Å². The molecule has 0 aliphatic carbocycles. The molecule has 0 unspecified atom stereocenters. The lowest BCUT2D eigenvalue weighted by Crippen LogP contribution is -2.32. The fraction of sp³-hybridized carbons (Fsp3) is 0.500. The standard InChI is InChI=1S/C12H15F3N2OS/c1-11(2,10(16)19)5-6-17-7-8(12(13,14)15)3-4-9(17)18/h3-4,7H,5-6H2,1-2H3,(H2,16,19). The molecule has 19 heavy (non-hydrogen) atoms. The molecular weight excluding hydrogens is 277 g/mol. The van der Waals surface area contributed by atoms with E-state index in [1.165, 1.54) is 0 Å². The van der Waals surface area contributed by atoms with E-state index in [-0.39, 0.29) is 11.5 Å². The van der Waals surface area contributed by atoms with E-state index in [4.69, 9.17) is 18.0 Å². The summed E-state index contributed by atoms with van der Waals surface area (Å²) >= 11 is 4.88. The van der Waals surface area contributed by atoms with Crippen molar-refractivity contribution in [1.29, 1.82) is 0 Å². The van der Waals surface area contributed by atoms with Gasteiger partial charge in [0.15, 0.2) is 0 Å². The molecule has 7 heteroatoms. The number of aromatic nitrogens is 1. The normalized spacial score (nSPS) is 12.5. The Morgan fingerprint density at radius 2 is 1.95 bits per heavy atom. The van der Waals surface area contributed by atoms with Crippen LogP contribution >= 0.6 is 12.2 Å². The Bertz CT molecular complexity index is 535. The summed E-state index contributed by atoms with van der Waals surface area (Å²) in [4.78, 5) is 11.8. The molecule has 106 valence electrons. The van der Waals surface area contributed by atoms with Crippen molar-refractivity contribution in [2.45, 2.75) is 33.0 Å². The first kappa shape index (κ1) is 15.7. The Labute approximate surface area is 114 Å². The van der Waals surface area contributed by atoms with Crippen LogP contribution in [0.2, 0.25) is 0 Å². The second-order valence-electron chi connectivity index (χ2n) is 4.95. The van der Waals surface area contributed by atoms with E-state index in [2.05, 4.69) is 0 Å². The zero-order valence-corrected chi connectivity index (χ0v) is 11.4. The highest BCUT2D eigenvalue weighted by molar-refractivity contribution is 7.80. The number of nitrogens with two attached hydrogens (primary N) is 1. The predicted molar refractivity (Wildman–Crippen MR) is 70.9 cm³/mol. The highest BCUT2D eigenvalue weighted by Gasteiger charge is 2.31. The summed E-state index contributed by atoms with van der Waals surface area (Å²) in [6.45, 7) is 3.70. The van der Waals surface area contributed by atoms with Crippen molar-refractivity contribution >= 4 is 17.2 Å². The van der Waals surface area contributed by atoms with Gasteiger partial charge in [-0.1, -0.05) is 26.1 Å². The maximum absolute atomic E-state index is 12.5. The number of halogens is 3. The van der Waals surface area contributed by atoms with E-state index in [0.717, 1.165) is 22.9 Å². The third-order valence-electron chi connectivity index (χ3n) is 2.96. The Kier molecular flexibility index (Phi) is 4.39. The second kappa shape index (κ2) is 5.32. The smallest absolute Gasteiger partial charge is 0.393 e. The van der Waals surface area contributed by atoms with Gasteiger partial charge in [0, 0.05) is 24.2 Å². The molecule has 0 spiro atoms. The monoisotopic (exact) mass is 292 g/mol. The average Bonchev–Trinajstić information content (AvgIpc) is 2.26. The third kappa shape index (κ3) is 4.05. The molecule has 1 aromatic rings. The first-order valence-electron chi connectivity index (χ1n) is 5.61. The van der Waals surface area contributed by atoms with Gasteiger partial charge >= 0.3 is 6.18 Å². The quantitative estimate of drug-likeness (QED) is 0.868. The van der Waals surface area contributed by atoms with Crippen LogP contribution in [0.3, 0.4) is 0 Å². The van der Waals surface area contributed by atoms with Crippen molar-refractivity contribution in [3.63, 3.8) is 0 Å². The number of pyridine rings is 1. The molecular formula is C12H15F3N2OS. The Morgan fingerprint density at radius 3 is 2.42 bits per heavy atom. The van der Waals surface area contributed by atoms with Gasteiger partial charge in [-0.2, -0.15) is 13.2 Å². The van der Waals surface area contributed by atoms with Crippen LogP contribution in [0, 0.1) is 5.41 Å². The van der Waals surface area contributed by atoms with E-state index in [1.54, 1.807) is 13.8 Å². The topological polar surface area (TPSA) is 48.0 Å². The maximum atomic E-state index is 12.5. The summed E-state index contributed by atoms with van der Waals surface area (Å²) in [5.41, 5.74) is 3.70. The fourth-order valence-electron chi connectivity index (χ4n) is 1.40. The molecule has 1 aromatic heterocycles. The van der Waals surface area contributed by atoms with E-state index in [1.807, 2.05) is 0 Å².